The van der Waals surface area contributed by atoms with E-state index in [2.05, 4.69) is 41.5 Å². The molecule has 0 spiro atoms. The average Bonchev–Trinajstić information content (AvgIpc) is 2.14. The van der Waals surface area contributed by atoms with E-state index in [0.717, 1.165) is 0 Å². The van der Waals surface area contributed by atoms with Crippen molar-refractivity contribution in [2.45, 2.75) is 26.4 Å². The van der Waals surface area contributed by atoms with Crippen molar-refractivity contribution in [1.29, 1.82) is 0 Å². The Morgan fingerprint density at radius 3 is 2.14 bits per heavy atom. The molecule has 1 atom stereocenters. The van der Waals surface area contributed by atoms with Gasteiger partial charge in [-0.15, -0.1) is 0 Å². The summed E-state index contributed by atoms with van der Waals surface area (Å²) in [4.78, 5) is 1.31. The molecule has 0 aliphatic carbocycles. The molecule has 0 aromatic heterocycles. The van der Waals surface area contributed by atoms with E-state index in [1.165, 1.54) is 4.90 Å². The summed E-state index contributed by atoms with van der Waals surface area (Å²) in [5.41, 5.74) is 0. The molecule has 0 amide bonds. The number of hydrogen-bond acceptors (Lipinski definition) is 2. The fourth-order valence-corrected chi connectivity index (χ4v) is 6.78. The Hall–Kier alpha value is 0.0729. The molecule has 0 bridgehead atoms. The van der Waals surface area contributed by atoms with Gasteiger partial charge in [0, 0.05) is 0 Å². The Balaban J connectivity index is 2.67. The molecule has 0 heterocycles. The van der Waals surface area contributed by atoms with E-state index in [-0.39, 0.29) is 0 Å². The molecule has 0 saturated heterocycles. The van der Waals surface area contributed by atoms with Gasteiger partial charge in [-0.1, -0.05) is 0 Å². The molecule has 1 aromatic carbocycles. The third kappa shape index (κ3) is 3.67. The molecule has 78 valence electrons. The summed E-state index contributed by atoms with van der Waals surface area (Å²) in [6, 6.07) is 10.5. The van der Waals surface area contributed by atoms with Crippen LogP contribution in [0.4, 0.5) is 0 Å². The van der Waals surface area contributed by atoms with Crippen LogP contribution >= 0.6 is 11.8 Å². The molecule has 0 aliphatic rings. The van der Waals surface area contributed by atoms with Crippen LogP contribution in [0.2, 0.25) is 17.3 Å². The van der Waals surface area contributed by atoms with Crippen molar-refractivity contribution in [1.82, 2.24) is 0 Å². The van der Waals surface area contributed by atoms with Crippen LogP contribution in [-0.2, 0) is 4.74 Å². The first kappa shape index (κ1) is 12.1. The predicted molar refractivity (Wildman–Crippen MR) is 66.4 cm³/mol. The van der Waals surface area contributed by atoms with Crippen LogP contribution in [0.1, 0.15) is 0 Å². The van der Waals surface area contributed by atoms with Gasteiger partial charge in [-0.3, -0.25) is 0 Å². The third-order valence-corrected chi connectivity index (χ3v) is 10.7. The van der Waals surface area contributed by atoms with Gasteiger partial charge in [-0.2, -0.15) is 0 Å². The van der Waals surface area contributed by atoms with E-state index in [1.54, 1.807) is 0 Å². The van der Waals surface area contributed by atoms with Gasteiger partial charge >= 0.3 is 93.6 Å². The molecule has 1 rings (SSSR count). The Labute approximate surface area is 93.6 Å². The van der Waals surface area contributed by atoms with Gasteiger partial charge < -0.3 is 0 Å². The van der Waals surface area contributed by atoms with Gasteiger partial charge in [0.25, 0.3) is 0 Å². The fraction of sp³-hybridized carbons (Fsp3) is 0.455. The average molecular weight is 271 g/mol. The molecule has 0 fully saturated rings. The van der Waals surface area contributed by atoms with Crippen molar-refractivity contribution >= 4 is 25.0 Å². The first-order valence-electron chi connectivity index (χ1n) is 4.78. The normalized spacial score (nSPS) is 14.0. The Morgan fingerprint density at radius 1 is 1.14 bits per heavy atom. The summed E-state index contributed by atoms with van der Waals surface area (Å²) < 4.78 is 5.95. The topological polar surface area (TPSA) is 9.23 Å². The minimum absolute atomic E-state index is 0.386. The van der Waals surface area contributed by atoms with Gasteiger partial charge in [0.2, 0.25) is 0 Å². The second-order valence-electron chi connectivity index (χ2n) is 4.36. The summed E-state index contributed by atoms with van der Waals surface area (Å²) in [5.74, 6) is 7.14. The molecule has 1 unspecified atom stereocenters. The van der Waals surface area contributed by atoms with Crippen molar-refractivity contribution in [3.8, 4) is 0 Å². The molecule has 0 N–H and O–H groups in total. The molecule has 0 saturated carbocycles. The van der Waals surface area contributed by atoms with Crippen LogP contribution in [0.25, 0.3) is 0 Å². The molecule has 14 heavy (non-hydrogen) atoms. The van der Waals surface area contributed by atoms with Crippen LogP contribution in [-0.4, -0.2) is 24.6 Å². The first-order chi connectivity index (χ1) is 6.54. The van der Waals surface area contributed by atoms with Crippen LogP contribution < -0.4 is 0 Å². The van der Waals surface area contributed by atoms with E-state index in [4.69, 9.17) is 4.74 Å². The second kappa shape index (κ2) is 5.24. The molecule has 1 aromatic rings. The van der Waals surface area contributed by atoms with E-state index in [0.29, 0.717) is 4.27 Å². The molecule has 0 aliphatic heterocycles. The molecule has 3 heteroatoms. The number of hydrogen-bond donors (Lipinski definition) is 0. The zero-order chi connectivity index (χ0) is 10.6. The van der Waals surface area contributed by atoms with Crippen molar-refractivity contribution in [3.05, 3.63) is 30.3 Å². The van der Waals surface area contributed by atoms with E-state index >= 15 is 0 Å². The summed E-state index contributed by atoms with van der Waals surface area (Å²) in [7, 11) is 1.82. The van der Waals surface area contributed by atoms with E-state index < -0.39 is 13.3 Å². The molecule has 0 radical (unpaired) electrons. The first-order valence-corrected chi connectivity index (χ1v) is 13.2. The van der Waals surface area contributed by atoms with Crippen molar-refractivity contribution in [2.24, 2.45) is 0 Å². The summed E-state index contributed by atoms with van der Waals surface area (Å²) in [5, 5.41) is 0. The summed E-state index contributed by atoms with van der Waals surface area (Å²) >= 11 is 0.141. The predicted octanol–water partition coefficient (Wildman–Crippen LogP) is 3.63. The van der Waals surface area contributed by atoms with Crippen molar-refractivity contribution in [2.75, 3.05) is 7.11 Å². The minimum atomic E-state index is -1.72. The number of rotatable bonds is 4. The maximum atomic E-state index is 5.56. The van der Waals surface area contributed by atoms with Crippen molar-refractivity contribution in [3.63, 3.8) is 0 Å². The Morgan fingerprint density at radius 2 is 1.71 bits per heavy atom. The van der Waals surface area contributed by atoms with E-state index in [1.807, 2.05) is 24.9 Å². The fourth-order valence-electron chi connectivity index (χ4n) is 1.20. The maximum absolute atomic E-state index is 5.56. The monoisotopic (exact) mass is 272 g/mol. The molecular weight excluding hydrogens is 253 g/mol. The number of benzene rings is 1. The Kier molecular flexibility index (Phi) is 4.54. The number of methoxy groups -OCH3 is 1. The quantitative estimate of drug-likeness (QED) is 0.469. The van der Waals surface area contributed by atoms with E-state index in [9.17, 15) is 0 Å². The van der Waals surface area contributed by atoms with Crippen LogP contribution in [0, 0.1) is 0 Å². The third-order valence-electron chi connectivity index (χ3n) is 1.91. The summed E-state index contributed by atoms with van der Waals surface area (Å²) in [6.07, 6.45) is 0. The van der Waals surface area contributed by atoms with Crippen molar-refractivity contribution < 1.29 is 4.74 Å². The second-order valence-corrected chi connectivity index (χ2v) is 17.4. The zero-order valence-electron chi connectivity index (χ0n) is 9.28. The standard InChI is InChI=1S/C11H18GeOS/c1-12(2,3)11(13-4)14-10-8-6-5-7-9-10/h5-9,11H,1-4H3. The van der Waals surface area contributed by atoms with Gasteiger partial charge in [-0.05, 0) is 0 Å². The van der Waals surface area contributed by atoms with Crippen LogP contribution in [0.15, 0.2) is 35.2 Å². The van der Waals surface area contributed by atoms with Gasteiger partial charge in [0.15, 0.2) is 0 Å². The SMILES string of the molecule is CO[CH](Sc1ccccc1)[Ge]([CH3])([CH3])[CH3]. The zero-order valence-corrected chi connectivity index (χ0v) is 12.2. The molecular formula is C11H18GeOS. The number of thioether (sulfide) groups is 1. The van der Waals surface area contributed by atoms with Gasteiger partial charge in [-0.25, -0.2) is 0 Å². The number of ether oxygens (including phenoxy) is 1. The van der Waals surface area contributed by atoms with Gasteiger partial charge in [0.1, 0.15) is 0 Å². The summed E-state index contributed by atoms with van der Waals surface area (Å²) in [6.45, 7) is 0. The Bertz CT molecular complexity index is 268. The van der Waals surface area contributed by atoms with Crippen LogP contribution in [0.5, 0.6) is 0 Å². The van der Waals surface area contributed by atoms with Crippen LogP contribution in [0.3, 0.4) is 0 Å². The molecule has 1 nitrogen and oxygen atoms in total. The van der Waals surface area contributed by atoms with Gasteiger partial charge in [0.05, 0.1) is 0 Å².